The normalized spacial score (nSPS) is 9.81. The van der Waals surface area contributed by atoms with Crippen molar-refractivity contribution in [2.24, 2.45) is 0 Å². The SMILES string of the molecule is C=CCNC(=O)CNCc1ccccc1Cl. The third-order valence-corrected chi connectivity index (χ3v) is 2.37. The van der Waals surface area contributed by atoms with Gasteiger partial charge in [-0.15, -0.1) is 6.58 Å². The number of amides is 1. The molecule has 0 aliphatic rings. The van der Waals surface area contributed by atoms with E-state index >= 15 is 0 Å². The molecule has 0 fully saturated rings. The Hall–Kier alpha value is -1.32. The zero-order valence-corrected chi connectivity index (χ0v) is 9.76. The van der Waals surface area contributed by atoms with Gasteiger partial charge in [0.1, 0.15) is 0 Å². The molecule has 1 amide bonds. The van der Waals surface area contributed by atoms with E-state index in [9.17, 15) is 4.79 Å². The van der Waals surface area contributed by atoms with Crippen LogP contribution in [0.25, 0.3) is 0 Å². The van der Waals surface area contributed by atoms with Crippen LogP contribution in [0.2, 0.25) is 5.02 Å². The smallest absolute Gasteiger partial charge is 0.234 e. The van der Waals surface area contributed by atoms with Gasteiger partial charge in [0.05, 0.1) is 6.54 Å². The second-order valence-electron chi connectivity index (χ2n) is 3.29. The molecule has 0 spiro atoms. The molecule has 0 heterocycles. The summed E-state index contributed by atoms with van der Waals surface area (Å²) in [7, 11) is 0. The van der Waals surface area contributed by atoms with Crippen LogP contribution in [0, 0.1) is 0 Å². The summed E-state index contributed by atoms with van der Waals surface area (Å²) >= 11 is 5.97. The van der Waals surface area contributed by atoms with Crippen LogP contribution in [0.1, 0.15) is 5.56 Å². The van der Waals surface area contributed by atoms with E-state index in [2.05, 4.69) is 17.2 Å². The van der Waals surface area contributed by atoms with Crippen molar-refractivity contribution >= 4 is 17.5 Å². The maximum absolute atomic E-state index is 11.2. The van der Waals surface area contributed by atoms with Gasteiger partial charge in [0.25, 0.3) is 0 Å². The Morgan fingerprint density at radius 2 is 2.19 bits per heavy atom. The summed E-state index contributed by atoms with van der Waals surface area (Å²) in [4.78, 5) is 11.2. The monoisotopic (exact) mass is 238 g/mol. The number of nitrogens with one attached hydrogen (secondary N) is 2. The lowest BCUT2D eigenvalue weighted by atomic mass is 10.2. The van der Waals surface area contributed by atoms with Crippen molar-refractivity contribution in [3.8, 4) is 0 Å². The molecule has 2 N–H and O–H groups in total. The fourth-order valence-electron chi connectivity index (χ4n) is 1.20. The average molecular weight is 239 g/mol. The quantitative estimate of drug-likeness (QED) is 0.742. The van der Waals surface area contributed by atoms with E-state index in [1.807, 2.05) is 24.3 Å². The molecule has 3 nitrogen and oxygen atoms in total. The minimum absolute atomic E-state index is 0.0491. The molecule has 1 aromatic rings. The Morgan fingerprint density at radius 3 is 2.88 bits per heavy atom. The third-order valence-electron chi connectivity index (χ3n) is 2.00. The van der Waals surface area contributed by atoms with Crippen molar-refractivity contribution < 1.29 is 4.79 Å². The van der Waals surface area contributed by atoms with Crippen molar-refractivity contribution in [1.82, 2.24) is 10.6 Å². The molecule has 0 radical (unpaired) electrons. The Labute approximate surface area is 100 Å². The first-order valence-electron chi connectivity index (χ1n) is 5.05. The summed E-state index contributed by atoms with van der Waals surface area (Å²) in [6.45, 7) is 4.87. The molecule has 0 saturated carbocycles. The summed E-state index contributed by atoms with van der Waals surface area (Å²) < 4.78 is 0. The van der Waals surface area contributed by atoms with Crippen LogP contribution in [-0.2, 0) is 11.3 Å². The molecule has 1 aromatic carbocycles. The van der Waals surface area contributed by atoms with E-state index in [1.165, 1.54) is 0 Å². The maximum Gasteiger partial charge on any atom is 0.234 e. The highest BCUT2D eigenvalue weighted by Gasteiger charge is 2.01. The van der Waals surface area contributed by atoms with Gasteiger partial charge in [0.2, 0.25) is 5.91 Å². The molecule has 86 valence electrons. The van der Waals surface area contributed by atoms with Crippen molar-refractivity contribution in [3.63, 3.8) is 0 Å². The second-order valence-corrected chi connectivity index (χ2v) is 3.69. The van der Waals surface area contributed by atoms with Crippen LogP contribution in [0.3, 0.4) is 0 Å². The number of carbonyl (C=O) groups excluding carboxylic acids is 1. The Bertz CT molecular complexity index is 366. The van der Waals surface area contributed by atoms with E-state index in [0.29, 0.717) is 18.1 Å². The summed E-state index contributed by atoms with van der Waals surface area (Å²) in [6.07, 6.45) is 1.64. The van der Waals surface area contributed by atoms with Crippen LogP contribution in [0.15, 0.2) is 36.9 Å². The summed E-state index contributed by atoms with van der Waals surface area (Å²) in [6, 6.07) is 7.55. The van der Waals surface area contributed by atoms with Gasteiger partial charge in [0.15, 0.2) is 0 Å². The molecule has 4 heteroatoms. The molecule has 16 heavy (non-hydrogen) atoms. The Balaban J connectivity index is 2.28. The Kier molecular flexibility index (Phi) is 5.61. The summed E-state index contributed by atoms with van der Waals surface area (Å²) in [5, 5.41) is 6.41. The first-order chi connectivity index (χ1) is 7.74. The number of hydrogen-bond donors (Lipinski definition) is 2. The lowest BCUT2D eigenvalue weighted by Crippen LogP contribution is -2.33. The minimum atomic E-state index is -0.0491. The van der Waals surface area contributed by atoms with E-state index in [1.54, 1.807) is 6.08 Å². The lowest BCUT2D eigenvalue weighted by Gasteiger charge is -2.06. The highest BCUT2D eigenvalue weighted by molar-refractivity contribution is 6.31. The predicted molar refractivity (Wildman–Crippen MR) is 66.4 cm³/mol. The number of halogens is 1. The van der Waals surface area contributed by atoms with Gasteiger partial charge in [-0.2, -0.15) is 0 Å². The van der Waals surface area contributed by atoms with Gasteiger partial charge < -0.3 is 10.6 Å². The fourth-order valence-corrected chi connectivity index (χ4v) is 1.40. The second kappa shape index (κ2) is 7.04. The Morgan fingerprint density at radius 1 is 1.44 bits per heavy atom. The van der Waals surface area contributed by atoms with Crippen LogP contribution < -0.4 is 10.6 Å². The minimum Gasteiger partial charge on any atom is -0.352 e. The van der Waals surface area contributed by atoms with Gasteiger partial charge in [0, 0.05) is 18.1 Å². The van der Waals surface area contributed by atoms with Crippen LogP contribution in [-0.4, -0.2) is 19.0 Å². The van der Waals surface area contributed by atoms with Gasteiger partial charge >= 0.3 is 0 Å². The highest BCUT2D eigenvalue weighted by Crippen LogP contribution is 2.13. The van der Waals surface area contributed by atoms with Crippen LogP contribution in [0.4, 0.5) is 0 Å². The molecule has 0 atom stereocenters. The third kappa shape index (κ3) is 4.47. The molecule has 0 aliphatic carbocycles. The van der Waals surface area contributed by atoms with Crippen LogP contribution in [0.5, 0.6) is 0 Å². The summed E-state index contributed by atoms with van der Waals surface area (Å²) in [5.74, 6) is -0.0491. The molecule has 1 rings (SSSR count). The summed E-state index contributed by atoms with van der Waals surface area (Å²) in [5.41, 5.74) is 0.987. The van der Waals surface area contributed by atoms with Crippen molar-refractivity contribution in [3.05, 3.63) is 47.5 Å². The molecule has 0 unspecified atom stereocenters. The lowest BCUT2D eigenvalue weighted by molar-refractivity contribution is -0.120. The fraction of sp³-hybridized carbons (Fsp3) is 0.250. The van der Waals surface area contributed by atoms with Gasteiger partial charge in [-0.25, -0.2) is 0 Å². The van der Waals surface area contributed by atoms with Crippen molar-refractivity contribution in [2.45, 2.75) is 6.54 Å². The number of rotatable bonds is 6. The predicted octanol–water partition coefficient (Wildman–Crippen LogP) is 1.73. The van der Waals surface area contributed by atoms with E-state index in [-0.39, 0.29) is 12.5 Å². The van der Waals surface area contributed by atoms with Crippen molar-refractivity contribution in [2.75, 3.05) is 13.1 Å². The molecule has 0 bridgehead atoms. The zero-order chi connectivity index (χ0) is 11.8. The largest absolute Gasteiger partial charge is 0.352 e. The molecule has 0 aliphatic heterocycles. The van der Waals surface area contributed by atoms with E-state index in [0.717, 1.165) is 5.56 Å². The molecule has 0 aromatic heterocycles. The zero-order valence-electron chi connectivity index (χ0n) is 9.00. The van der Waals surface area contributed by atoms with Gasteiger partial charge in [-0.3, -0.25) is 4.79 Å². The molecule has 0 saturated heterocycles. The highest BCUT2D eigenvalue weighted by atomic mass is 35.5. The van der Waals surface area contributed by atoms with E-state index in [4.69, 9.17) is 11.6 Å². The van der Waals surface area contributed by atoms with Gasteiger partial charge in [-0.1, -0.05) is 35.9 Å². The standard InChI is InChI=1S/C12H15ClN2O/c1-2-7-15-12(16)9-14-8-10-5-3-4-6-11(10)13/h2-6,14H,1,7-9H2,(H,15,16). The molecular formula is C12H15ClN2O. The topological polar surface area (TPSA) is 41.1 Å². The average Bonchev–Trinajstić information content (AvgIpc) is 2.29. The van der Waals surface area contributed by atoms with E-state index < -0.39 is 0 Å². The number of benzene rings is 1. The van der Waals surface area contributed by atoms with Crippen LogP contribution >= 0.6 is 11.6 Å². The van der Waals surface area contributed by atoms with Crippen molar-refractivity contribution in [1.29, 1.82) is 0 Å². The maximum atomic E-state index is 11.2. The molecular weight excluding hydrogens is 224 g/mol. The number of hydrogen-bond acceptors (Lipinski definition) is 2. The first kappa shape index (κ1) is 12.7. The first-order valence-corrected chi connectivity index (χ1v) is 5.43. The van der Waals surface area contributed by atoms with Gasteiger partial charge in [-0.05, 0) is 11.6 Å². The number of carbonyl (C=O) groups is 1.